The van der Waals surface area contributed by atoms with Gasteiger partial charge in [-0.15, -0.1) is 0 Å². The molecule has 0 radical (unpaired) electrons. The number of nitrogens with zero attached hydrogens (tertiary/aromatic N) is 2. The van der Waals surface area contributed by atoms with Crippen molar-refractivity contribution in [2.45, 2.75) is 26.4 Å². The Hall–Kier alpha value is -3.00. The number of hydrogen-bond acceptors (Lipinski definition) is 7. The number of carbonyl (C=O) groups excluding carboxylic acids is 2. The number of carbonyl (C=O) groups is 2. The lowest BCUT2D eigenvalue weighted by Gasteiger charge is -2.18. The maximum Gasteiger partial charge on any atom is 0.413 e. The fourth-order valence-electron chi connectivity index (χ4n) is 2.32. The first-order chi connectivity index (χ1) is 12.7. The van der Waals surface area contributed by atoms with Gasteiger partial charge in [0.2, 0.25) is 0 Å². The summed E-state index contributed by atoms with van der Waals surface area (Å²) in [6, 6.07) is 10.7. The minimum atomic E-state index is -0.581. The molecular formula is C19H19N3O4S. The molecule has 0 aliphatic rings. The van der Waals surface area contributed by atoms with Gasteiger partial charge in [0.1, 0.15) is 15.9 Å². The Bertz CT molecular complexity index is 990. The first-order valence-electron chi connectivity index (χ1n) is 8.21. The fourth-order valence-corrected chi connectivity index (χ4v) is 3.14. The average Bonchev–Trinajstić information content (AvgIpc) is 3.00. The molecular weight excluding hydrogens is 366 g/mol. The molecule has 3 aromatic rings. The van der Waals surface area contributed by atoms with E-state index in [0.717, 1.165) is 11.3 Å². The topological polar surface area (TPSA) is 90.4 Å². The number of ether oxygens (including phenoxy) is 2. The maximum atomic E-state index is 11.9. The van der Waals surface area contributed by atoms with Gasteiger partial charge in [-0.25, -0.2) is 19.6 Å². The number of esters is 1. The van der Waals surface area contributed by atoms with E-state index in [1.54, 1.807) is 45.0 Å². The van der Waals surface area contributed by atoms with Crippen molar-refractivity contribution in [3.8, 4) is 11.3 Å². The van der Waals surface area contributed by atoms with Crippen molar-refractivity contribution in [3.05, 3.63) is 42.0 Å². The van der Waals surface area contributed by atoms with Crippen LogP contribution in [-0.4, -0.2) is 34.7 Å². The smallest absolute Gasteiger partial charge is 0.413 e. The van der Waals surface area contributed by atoms with E-state index in [2.05, 4.69) is 15.3 Å². The monoisotopic (exact) mass is 385 g/mol. The van der Waals surface area contributed by atoms with E-state index in [4.69, 9.17) is 9.47 Å². The van der Waals surface area contributed by atoms with Gasteiger partial charge in [0.25, 0.3) is 0 Å². The summed E-state index contributed by atoms with van der Waals surface area (Å²) in [4.78, 5) is 33.0. The number of amides is 1. The lowest BCUT2D eigenvalue weighted by Crippen LogP contribution is -2.27. The van der Waals surface area contributed by atoms with Crippen LogP contribution < -0.4 is 5.32 Å². The van der Waals surface area contributed by atoms with E-state index in [1.807, 2.05) is 12.1 Å². The van der Waals surface area contributed by atoms with Gasteiger partial charge in [-0.3, -0.25) is 5.32 Å². The van der Waals surface area contributed by atoms with Crippen LogP contribution in [0.1, 0.15) is 31.1 Å². The number of hydrogen-bond donors (Lipinski definition) is 1. The molecule has 140 valence electrons. The number of nitrogens with one attached hydrogen (secondary N) is 1. The molecule has 0 unspecified atom stereocenters. The molecule has 0 spiro atoms. The second-order valence-electron chi connectivity index (χ2n) is 6.74. The first-order valence-corrected chi connectivity index (χ1v) is 9.03. The molecule has 0 atom stereocenters. The van der Waals surface area contributed by atoms with Gasteiger partial charge in [-0.05, 0) is 45.0 Å². The summed E-state index contributed by atoms with van der Waals surface area (Å²) >= 11 is 1.26. The van der Waals surface area contributed by atoms with Crippen LogP contribution in [0, 0.1) is 0 Å². The fraction of sp³-hybridized carbons (Fsp3) is 0.263. The summed E-state index contributed by atoms with van der Waals surface area (Å²) in [7, 11) is 1.35. The second kappa shape index (κ2) is 7.32. The normalized spacial score (nSPS) is 11.3. The van der Waals surface area contributed by atoms with Crippen LogP contribution >= 0.6 is 11.3 Å². The van der Waals surface area contributed by atoms with Crippen LogP contribution in [-0.2, 0) is 9.47 Å². The quantitative estimate of drug-likeness (QED) is 0.668. The molecule has 7 nitrogen and oxygen atoms in total. The Labute approximate surface area is 160 Å². The Balaban J connectivity index is 1.81. The number of aromatic nitrogens is 2. The predicted molar refractivity (Wildman–Crippen MR) is 104 cm³/mol. The van der Waals surface area contributed by atoms with Gasteiger partial charge in [0.05, 0.1) is 18.4 Å². The highest BCUT2D eigenvalue weighted by molar-refractivity contribution is 7.21. The van der Waals surface area contributed by atoms with Crippen molar-refractivity contribution < 1.29 is 19.1 Å². The van der Waals surface area contributed by atoms with Crippen LogP contribution in [0.4, 0.5) is 9.93 Å². The highest BCUT2D eigenvalue weighted by atomic mass is 32.1. The van der Waals surface area contributed by atoms with Gasteiger partial charge in [0.15, 0.2) is 5.13 Å². The molecule has 0 bridgehead atoms. The van der Waals surface area contributed by atoms with Gasteiger partial charge >= 0.3 is 12.1 Å². The molecule has 2 aromatic heterocycles. The SMILES string of the molecule is COC(=O)c1ccc(-c2ccc3nc(NC(=O)OC(C)(C)C)sc3n2)cc1. The minimum Gasteiger partial charge on any atom is -0.465 e. The number of anilines is 1. The Kier molecular flexibility index (Phi) is 5.09. The molecule has 27 heavy (non-hydrogen) atoms. The van der Waals surface area contributed by atoms with Gasteiger partial charge in [-0.2, -0.15) is 0 Å². The van der Waals surface area contributed by atoms with E-state index in [1.165, 1.54) is 18.4 Å². The lowest BCUT2D eigenvalue weighted by molar-refractivity contribution is 0.0598. The number of rotatable bonds is 3. The van der Waals surface area contributed by atoms with Crippen LogP contribution in [0.2, 0.25) is 0 Å². The summed E-state index contributed by atoms with van der Waals surface area (Å²) in [5.74, 6) is -0.384. The number of benzene rings is 1. The highest BCUT2D eigenvalue weighted by Crippen LogP contribution is 2.28. The first kappa shape index (κ1) is 18.8. The van der Waals surface area contributed by atoms with Crippen LogP contribution in [0.5, 0.6) is 0 Å². The summed E-state index contributed by atoms with van der Waals surface area (Å²) in [5, 5.41) is 3.05. The summed E-state index contributed by atoms with van der Waals surface area (Å²) < 4.78 is 9.93. The maximum absolute atomic E-state index is 11.9. The van der Waals surface area contributed by atoms with Crippen molar-refractivity contribution in [3.63, 3.8) is 0 Å². The Morgan fingerprint density at radius 1 is 1.04 bits per heavy atom. The number of methoxy groups -OCH3 is 1. The van der Waals surface area contributed by atoms with Crippen LogP contribution in [0.15, 0.2) is 36.4 Å². The molecule has 0 aliphatic heterocycles. The standard InChI is InChI=1S/C19H19N3O4S/c1-19(2,3)26-18(24)22-17-21-14-10-9-13(20-15(14)27-17)11-5-7-12(8-6-11)16(23)25-4/h5-10H,1-4H3,(H,21,22,24). The van der Waals surface area contributed by atoms with Crippen molar-refractivity contribution in [2.24, 2.45) is 0 Å². The molecule has 0 aliphatic carbocycles. The van der Waals surface area contributed by atoms with E-state index < -0.39 is 11.7 Å². The molecule has 0 fully saturated rings. The molecule has 1 N–H and O–H groups in total. The van der Waals surface area contributed by atoms with Crippen LogP contribution in [0.3, 0.4) is 0 Å². The van der Waals surface area contributed by atoms with E-state index >= 15 is 0 Å². The number of thiazole rings is 1. The zero-order valence-electron chi connectivity index (χ0n) is 15.4. The van der Waals surface area contributed by atoms with Crippen molar-refractivity contribution >= 4 is 38.9 Å². The number of pyridine rings is 1. The molecule has 8 heteroatoms. The van der Waals surface area contributed by atoms with Crippen LogP contribution in [0.25, 0.3) is 21.6 Å². The largest absolute Gasteiger partial charge is 0.465 e. The molecule has 1 aromatic carbocycles. The Morgan fingerprint density at radius 3 is 2.37 bits per heavy atom. The zero-order chi connectivity index (χ0) is 19.6. The third kappa shape index (κ3) is 4.59. The number of fused-ring (bicyclic) bond motifs is 1. The summed E-state index contributed by atoms with van der Waals surface area (Å²) in [6.07, 6.45) is -0.555. The molecule has 1 amide bonds. The summed E-state index contributed by atoms with van der Waals surface area (Å²) in [5.41, 5.74) is 2.18. The summed E-state index contributed by atoms with van der Waals surface area (Å²) in [6.45, 7) is 5.39. The van der Waals surface area contributed by atoms with Gasteiger partial charge in [-0.1, -0.05) is 23.5 Å². The minimum absolute atomic E-state index is 0.384. The van der Waals surface area contributed by atoms with E-state index in [-0.39, 0.29) is 5.97 Å². The van der Waals surface area contributed by atoms with E-state index in [0.29, 0.717) is 21.0 Å². The molecule has 2 heterocycles. The molecule has 0 saturated heterocycles. The lowest BCUT2D eigenvalue weighted by atomic mass is 10.1. The average molecular weight is 385 g/mol. The van der Waals surface area contributed by atoms with Crippen molar-refractivity contribution in [2.75, 3.05) is 12.4 Å². The molecule has 0 saturated carbocycles. The second-order valence-corrected chi connectivity index (χ2v) is 7.71. The third-order valence-electron chi connectivity index (χ3n) is 3.47. The van der Waals surface area contributed by atoms with Gasteiger partial charge < -0.3 is 9.47 Å². The molecule has 3 rings (SSSR count). The van der Waals surface area contributed by atoms with Crippen molar-refractivity contribution in [1.29, 1.82) is 0 Å². The third-order valence-corrected chi connectivity index (χ3v) is 4.35. The highest BCUT2D eigenvalue weighted by Gasteiger charge is 2.18. The van der Waals surface area contributed by atoms with Gasteiger partial charge in [0, 0.05) is 5.56 Å². The van der Waals surface area contributed by atoms with Crippen molar-refractivity contribution in [1.82, 2.24) is 9.97 Å². The Morgan fingerprint density at radius 2 is 1.74 bits per heavy atom. The van der Waals surface area contributed by atoms with E-state index in [9.17, 15) is 9.59 Å². The predicted octanol–water partition coefficient (Wildman–Crippen LogP) is 4.49. The zero-order valence-corrected chi connectivity index (χ0v) is 16.2.